The summed E-state index contributed by atoms with van der Waals surface area (Å²) in [7, 11) is 0. The molecule has 2 aromatic rings. The number of amides is 9. The second-order valence-corrected chi connectivity index (χ2v) is 24.8. The number of imide groups is 1. The Morgan fingerprint density at radius 2 is 1.34 bits per heavy atom. The van der Waals surface area contributed by atoms with E-state index >= 15 is 0 Å². The first-order valence-electron chi connectivity index (χ1n) is 31.3. The zero-order chi connectivity index (χ0) is 65.7. The van der Waals surface area contributed by atoms with Gasteiger partial charge < -0.3 is 85.1 Å². The molecule has 0 spiro atoms. The maximum absolute atomic E-state index is 14.4. The lowest BCUT2D eigenvalue weighted by atomic mass is 9.85. The minimum atomic E-state index is -1.64. The summed E-state index contributed by atoms with van der Waals surface area (Å²) < 4.78 is 0. The summed E-state index contributed by atoms with van der Waals surface area (Å²) in [6.45, 7) is -0.414. The van der Waals surface area contributed by atoms with E-state index in [1.807, 2.05) is 24.3 Å². The van der Waals surface area contributed by atoms with Gasteiger partial charge in [0.15, 0.2) is 17.9 Å². The van der Waals surface area contributed by atoms with Crippen LogP contribution in [-0.2, 0) is 67.3 Å². The van der Waals surface area contributed by atoms with Gasteiger partial charge in [-0.05, 0) is 118 Å². The highest BCUT2D eigenvalue weighted by molar-refractivity contribution is 7.09. The van der Waals surface area contributed by atoms with E-state index in [-0.39, 0.29) is 101 Å². The predicted molar refractivity (Wildman–Crippen MR) is 334 cm³/mol. The molecule has 7 rings (SSSR count). The van der Waals surface area contributed by atoms with Gasteiger partial charge in [0.2, 0.25) is 47.3 Å². The third-order valence-electron chi connectivity index (χ3n) is 17.3. The van der Waals surface area contributed by atoms with Gasteiger partial charge in [-0.25, -0.2) is 4.79 Å². The number of hydrogen-bond acceptors (Lipinski definition) is 18. The molecule has 0 bridgehead atoms. The topological polar surface area (TPSA) is 491 Å². The van der Waals surface area contributed by atoms with E-state index in [0.29, 0.717) is 50.1 Å². The third kappa shape index (κ3) is 19.8. The highest BCUT2D eigenvalue weighted by atomic mass is 32.1. The van der Waals surface area contributed by atoms with E-state index in [2.05, 4.69) is 53.2 Å². The van der Waals surface area contributed by atoms with Crippen molar-refractivity contribution in [1.82, 2.24) is 67.9 Å². The molecule has 0 radical (unpaired) electrons. The summed E-state index contributed by atoms with van der Waals surface area (Å²) in [5, 5.41) is 73.0. The Kier molecular flexibility index (Phi) is 26.4. The van der Waals surface area contributed by atoms with Gasteiger partial charge in [0, 0.05) is 56.6 Å². The van der Waals surface area contributed by atoms with E-state index in [1.165, 1.54) is 21.1 Å². The summed E-state index contributed by atoms with van der Waals surface area (Å²) in [6.07, 6.45) is 6.82. The Morgan fingerprint density at radius 1 is 0.692 bits per heavy atom. The molecule has 5 aliphatic rings. The summed E-state index contributed by atoms with van der Waals surface area (Å²) >= 11 is 1.28. The van der Waals surface area contributed by atoms with E-state index in [4.69, 9.17) is 33.4 Å². The Hall–Kier alpha value is -8.33. The number of nitrogens with one attached hydrogen (secondary N) is 13. The van der Waals surface area contributed by atoms with Gasteiger partial charge in [0.1, 0.15) is 36.3 Å². The number of aliphatic carboxylic acids is 1. The van der Waals surface area contributed by atoms with Crippen LogP contribution in [0.3, 0.4) is 0 Å². The van der Waals surface area contributed by atoms with Gasteiger partial charge in [0.25, 0.3) is 5.91 Å². The Morgan fingerprint density at radius 3 is 2.02 bits per heavy atom. The predicted octanol–water partition coefficient (Wildman–Crippen LogP) is -3.45. The number of aliphatic hydroxyl groups excluding tert-OH is 1. The fraction of sp³-hybridized carbons (Fsp3) is 0.610. The molecule has 31 nitrogen and oxygen atoms in total. The van der Waals surface area contributed by atoms with Crippen molar-refractivity contribution in [3.8, 4) is 0 Å². The van der Waals surface area contributed by atoms with Crippen LogP contribution in [0.1, 0.15) is 112 Å². The zero-order valence-corrected chi connectivity index (χ0v) is 51.8. The Balaban J connectivity index is 0.903. The number of carbonyl (C=O) groups is 10. The lowest BCUT2D eigenvalue weighted by Gasteiger charge is -2.34. The van der Waals surface area contributed by atoms with E-state index in [0.717, 1.165) is 41.7 Å². The Bertz CT molecular complexity index is 2940. The van der Waals surface area contributed by atoms with Crippen molar-refractivity contribution in [3.05, 3.63) is 57.8 Å². The maximum atomic E-state index is 14.4. The fourth-order valence-electron chi connectivity index (χ4n) is 12.6. The number of likely N-dealkylation sites (tertiary alicyclic amines) is 2. The summed E-state index contributed by atoms with van der Waals surface area (Å²) in [6, 6.07) is 0.889. The van der Waals surface area contributed by atoms with Crippen LogP contribution >= 0.6 is 11.3 Å². The number of carbonyl (C=O) groups excluding carboxylic acids is 9. The number of aliphatic hydroxyl groups is 1. The SMILES string of the molecule is N=C(N)NCCC[C@@H](N)C(=O)N[C@@H](CCCNC(=N)N)C(=O)N1CCC[C@H]1C(=O)N1CCC[C@H]1C(=O)NCC(=O)N[C@@H](Cc1cccs1)C(=O)N[C@@H](CO)C(=O)NC(=N)NCCC[C@@H](C(=O)O)N(C(=O)C1CC2CCCC[C@@H]2N1)C(=O)[C@H]1Cc2ccccc2CN1. The number of thiophene rings is 1. The van der Waals surface area contributed by atoms with E-state index in [9.17, 15) is 58.2 Å². The van der Waals surface area contributed by atoms with Gasteiger partial charge in [0.05, 0.1) is 31.3 Å². The average molecular weight is 1290 g/mol. The monoisotopic (exact) mass is 1290 g/mol. The molecular formula is C59H89N19O12S. The number of hydrogen-bond donors (Lipinski definition) is 18. The fourth-order valence-corrected chi connectivity index (χ4v) is 13.3. The second-order valence-electron chi connectivity index (χ2n) is 23.7. The molecule has 4 fully saturated rings. The quantitative estimate of drug-likeness (QED) is 0.0157. The number of nitrogens with two attached hydrogens (primary N) is 3. The molecule has 1 saturated carbocycles. The molecule has 1 aromatic heterocycles. The molecule has 4 aliphatic heterocycles. The normalized spacial score (nSPS) is 21.6. The number of carboxylic acid groups (broad SMARTS) is 1. The standard InChI is InChI=1S/C59H89N19O12S/c60-37(15-5-21-66-57(61)62)48(81)73-39(17-6-22-67-58(63)64)52(85)77-25-9-20-45(77)55(88)76-24-8-19-44(76)51(84)70-31-47(80)72-40(29-36-14-10-26-91-36)49(82)74-43(32-79)50(83)75-59(65)68-23-7-18-46(56(89)90)78(54(87)42-28-34-12-3-4-16-38(34)71-42)53(86)41-27-33-11-1-2-13-35(33)30-69-41/h1-2,10-11,13-14,26,34,37-46,69,71,79H,3-9,12,15-25,27-32,60H2,(H,70,84)(H,72,80)(H,73,81)(H,74,82)(H,89,90)(H4,61,62,66)(H4,63,64,67)(H3,65,68,75,83)/t34?,37-,38+,39+,40+,41-,42?,43+,44+,45+,46+/m1/s1. The minimum absolute atomic E-state index is 0.0242. The minimum Gasteiger partial charge on any atom is -0.480 e. The zero-order valence-electron chi connectivity index (χ0n) is 51.0. The molecule has 1 aromatic carbocycles. The van der Waals surface area contributed by atoms with E-state index in [1.54, 1.807) is 17.5 Å². The summed E-state index contributed by atoms with van der Waals surface area (Å²) in [4.78, 5) is 143. The number of guanidine groups is 3. The second kappa shape index (κ2) is 34.2. The van der Waals surface area contributed by atoms with Crippen molar-refractivity contribution in [2.75, 3.05) is 45.9 Å². The Labute approximate surface area is 531 Å². The summed E-state index contributed by atoms with van der Waals surface area (Å²) in [5.41, 5.74) is 18.8. The molecule has 9 amide bonds. The highest BCUT2D eigenvalue weighted by Crippen LogP contribution is 2.35. The van der Waals surface area contributed by atoms with Crippen LogP contribution in [0.2, 0.25) is 0 Å². The smallest absolute Gasteiger partial charge is 0.326 e. The van der Waals surface area contributed by atoms with Gasteiger partial charge in [-0.15, -0.1) is 11.3 Å². The first-order valence-corrected chi connectivity index (χ1v) is 32.1. The van der Waals surface area contributed by atoms with E-state index < -0.39 is 133 Å². The number of rotatable bonds is 30. The van der Waals surface area contributed by atoms with Gasteiger partial charge >= 0.3 is 5.97 Å². The third-order valence-corrected chi connectivity index (χ3v) is 18.2. The van der Waals surface area contributed by atoms with Crippen LogP contribution in [-0.4, -0.2) is 208 Å². The van der Waals surface area contributed by atoms with Gasteiger partial charge in [-0.2, -0.15) is 0 Å². The lowest BCUT2D eigenvalue weighted by molar-refractivity contribution is -0.160. The van der Waals surface area contributed by atoms with Crippen molar-refractivity contribution < 1.29 is 58.2 Å². The van der Waals surface area contributed by atoms with Crippen molar-refractivity contribution in [1.29, 1.82) is 16.2 Å². The van der Waals surface area contributed by atoms with Crippen molar-refractivity contribution >= 4 is 88.3 Å². The van der Waals surface area contributed by atoms with Crippen molar-refractivity contribution in [2.45, 2.75) is 176 Å². The molecule has 91 heavy (non-hydrogen) atoms. The molecule has 21 N–H and O–H groups in total. The van der Waals surface area contributed by atoms with Crippen LogP contribution < -0.4 is 70.4 Å². The molecule has 32 heteroatoms. The van der Waals surface area contributed by atoms with Crippen LogP contribution in [0, 0.1) is 22.1 Å². The molecule has 3 saturated heterocycles. The first-order chi connectivity index (χ1) is 43.6. The number of carboxylic acids is 1. The highest BCUT2D eigenvalue weighted by Gasteiger charge is 2.47. The number of nitrogens with zero attached hydrogens (tertiary/aromatic N) is 3. The average Bonchev–Trinajstić information content (AvgIpc) is 1.85. The van der Waals surface area contributed by atoms with Crippen LogP contribution in [0.5, 0.6) is 0 Å². The first kappa shape index (κ1) is 70.1. The van der Waals surface area contributed by atoms with Crippen molar-refractivity contribution in [3.63, 3.8) is 0 Å². The molecule has 2 unspecified atom stereocenters. The van der Waals surface area contributed by atoms with Gasteiger partial charge in [-0.1, -0.05) is 43.2 Å². The lowest BCUT2D eigenvalue weighted by Crippen LogP contribution is -2.60. The number of benzene rings is 1. The number of fused-ring (bicyclic) bond motifs is 2. The molecule has 11 atom stereocenters. The largest absolute Gasteiger partial charge is 0.480 e. The van der Waals surface area contributed by atoms with Gasteiger partial charge in [-0.3, -0.25) is 69.6 Å². The molecule has 1 aliphatic carbocycles. The molecule has 5 heterocycles. The van der Waals surface area contributed by atoms with Crippen LogP contribution in [0.15, 0.2) is 41.8 Å². The van der Waals surface area contributed by atoms with Crippen LogP contribution in [0.4, 0.5) is 0 Å². The molecular weight excluding hydrogens is 1200 g/mol. The molecule has 498 valence electrons. The van der Waals surface area contributed by atoms with Crippen LogP contribution in [0.25, 0.3) is 0 Å². The summed E-state index contributed by atoms with van der Waals surface area (Å²) in [5.74, 6) is -8.48. The van der Waals surface area contributed by atoms with Crippen molar-refractivity contribution in [2.24, 2.45) is 23.1 Å². The maximum Gasteiger partial charge on any atom is 0.326 e.